The van der Waals surface area contributed by atoms with E-state index in [-0.39, 0.29) is 11.6 Å². The van der Waals surface area contributed by atoms with Crippen molar-refractivity contribution in [3.05, 3.63) is 47.0 Å². The maximum absolute atomic E-state index is 12.1. The minimum Gasteiger partial charge on any atom is -0.299 e. The third-order valence-electron chi connectivity index (χ3n) is 7.17. The fourth-order valence-corrected chi connectivity index (χ4v) is 4.93. The highest BCUT2D eigenvalue weighted by molar-refractivity contribution is 5.81. The molecular formula is C26H32N4O2. The molecule has 0 bridgehead atoms. The van der Waals surface area contributed by atoms with Crippen molar-refractivity contribution >= 4 is 11.6 Å². The number of hydrogen-bond acceptors (Lipinski definition) is 6. The van der Waals surface area contributed by atoms with Crippen molar-refractivity contribution in [3.63, 3.8) is 0 Å². The molecule has 6 heteroatoms. The molecule has 3 fully saturated rings. The van der Waals surface area contributed by atoms with Gasteiger partial charge in [-0.15, -0.1) is 0 Å². The Morgan fingerprint density at radius 1 is 0.656 bits per heavy atom. The van der Waals surface area contributed by atoms with Gasteiger partial charge in [0, 0.05) is 24.7 Å². The molecule has 6 nitrogen and oxygen atoms in total. The average molecular weight is 433 g/mol. The Labute approximate surface area is 189 Å². The smallest absolute Gasteiger partial charge is 0.139 e. The van der Waals surface area contributed by atoms with Gasteiger partial charge in [-0.05, 0) is 81.0 Å². The summed E-state index contributed by atoms with van der Waals surface area (Å²) in [5, 5.41) is 17.7. The monoisotopic (exact) mass is 432 g/mol. The second-order valence-electron chi connectivity index (χ2n) is 10.2. The molecule has 168 valence electrons. The van der Waals surface area contributed by atoms with E-state index >= 15 is 0 Å². The summed E-state index contributed by atoms with van der Waals surface area (Å²) in [5.74, 6) is 2.52. The van der Waals surface area contributed by atoms with Crippen LogP contribution >= 0.6 is 0 Å². The van der Waals surface area contributed by atoms with Crippen molar-refractivity contribution in [2.45, 2.75) is 88.9 Å². The quantitative estimate of drug-likeness (QED) is 0.548. The average Bonchev–Trinajstić information content (AvgIpc) is 3.73. The highest BCUT2D eigenvalue weighted by Gasteiger charge is 2.28. The summed E-state index contributed by atoms with van der Waals surface area (Å²) in [5.41, 5.74) is 3.60. The van der Waals surface area contributed by atoms with E-state index in [1.807, 2.05) is 12.1 Å². The Bertz CT molecular complexity index is 871. The molecule has 5 rings (SSSR count). The molecule has 2 heterocycles. The molecule has 3 saturated carbocycles. The van der Waals surface area contributed by atoms with Gasteiger partial charge in [0.2, 0.25) is 0 Å². The molecule has 32 heavy (non-hydrogen) atoms. The van der Waals surface area contributed by atoms with Crippen LogP contribution in [0.5, 0.6) is 0 Å². The lowest BCUT2D eigenvalue weighted by Crippen LogP contribution is -2.16. The van der Waals surface area contributed by atoms with Crippen LogP contribution in [-0.2, 0) is 22.4 Å². The van der Waals surface area contributed by atoms with Gasteiger partial charge in [0.15, 0.2) is 0 Å². The Hall–Kier alpha value is -2.50. The van der Waals surface area contributed by atoms with E-state index in [0.29, 0.717) is 49.4 Å². The summed E-state index contributed by atoms with van der Waals surface area (Å²) in [6, 6.07) is 8.06. The van der Waals surface area contributed by atoms with E-state index in [2.05, 4.69) is 32.5 Å². The van der Waals surface area contributed by atoms with Crippen LogP contribution in [0, 0.1) is 11.8 Å². The van der Waals surface area contributed by atoms with Crippen molar-refractivity contribution < 1.29 is 9.59 Å². The lowest BCUT2D eigenvalue weighted by atomic mass is 9.78. The number of carbonyl (C=O) groups is 2. The maximum Gasteiger partial charge on any atom is 0.139 e. The van der Waals surface area contributed by atoms with E-state index in [4.69, 9.17) is 0 Å². The van der Waals surface area contributed by atoms with Crippen molar-refractivity contribution in [3.8, 4) is 0 Å². The zero-order chi connectivity index (χ0) is 21.9. The molecule has 2 aromatic rings. The SMILES string of the molecule is O=C(Cc1ccc([C@H]2CCC[C@H](c3ccc(CC(=O)CC4CC4)nn3)C2)nn1)CC1CC1. The lowest BCUT2D eigenvalue weighted by molar-refractivity contribution is -0.119. The van der Waals surface area contributed by atoms with Crippen LogP contribution in [-0.4, -0.2) is 32.0 Å². The second-order valence-corrected chi connectivity index (χ2v) is 10.2. The van der Waals surface area contributed by atoms with Crippen LogP contribution in [0.25, 0.3) is 0 Å². The van der Waals surface area contributed by atoms with Crippen LogP contribution in [0.1, 0.15) is 98.8 Å². The minimum atomic E-state index is 0.281. The van der Waals surface area contributed by atoms with E-state index < -0.39 is 0 Å². The van der Waals surface area contributed by atoms with Gasteiger partial charge in [-0.1, -0.05) is 6.42 Å². The van der Waals surface area contributed by atoms with E-state index in [1.165, 1.54) is 25.7 Å². The fourth-order valence-electron chi connectivity index (χ4n) is 4.93. The van der Waals surface area contributed by atoms with Gasteiger partial charge in [0.1, 0.15) is 11.6 Å². The standard InChI is InChI=1S/C26H32N4O2/c31-23(12-17-4-5-17)15-21-8-10-25(29-27-21)19-2-1-3-20(14-19)26-11-9-22(28-30-26)16-24(32)13-18-6-7-18/h8-11,17-20H,1-7,12-16H2/t19-,20-/m0/s1. The minimum absolute atomic E-state index is 0.281. The molecule has 2 aromatic heterocycles. The Balaban J connectivity index is 1.15. The van der Waals surface area contributed by atoms with Gasteiger partial charge in [-0.2, -0.15) is 20.4 Å². The topological polar surface area (TPSA) is 85.7 Å². The number of hydrogen-bond donors (Lipinski definition) is 0. The predicted octanol–water partition coefficient (Wildman–Crippen LogP) is 4.53. The number of Topliss-reactive ketones (excluding diaryl/α,β-unsaturated/α-hetero) is 2. The molecular weight excluding hydrogens is 400 g/mol. The van der Waals surface area contributed by atoms with Crippen molar-refractivity contribution in [2.75, 3.05) is 0 Å². The van der Waals surface area contributed by atoms with Crippen LogP contribution in [0.4, 0.5) is 0 Å². The zero-order valence-corrected chi connectivity index (χ0v) is 18.7. The number of aromatic nitrogens is 4. The summed E-state index contributed by atoms with van der Waals surface area (Å²) in [7, 11) is 0. The largest absolute Gasteiger partial charge is 0.299 e. The van der Waals surface area contributed by atoms with Gasteiger partial charge in [-0.25, -0.2) is 0 Å². The molecule has 2 atom stereocenters. The first-order valence-electron chi connectivity index (χ1n) is 12.3. The van der Waals surface area contributed by atoms with Crippen molar-refractivity contribution in [2.24, 2.45) is 11.8 Å². The summed E-state index contributed by atoms with van der Waals surface area (Å²) < 4.78 is 0. The van der Waals surface area contributed by atoms with E-state index in [9.17, 15) is 9.59 Å². The van der Waals surface area contributed by atoms with Crippen LogP contribution in [0.3, 0.4) is 0 Å². The molecule has 3 aliphatic carbocycles. The van der Waals surface area contributed by atoms with Crippen molar-refractivity contribution in [1.29, 1.82) is 0 Å². The zero-order valence-electron chi connectivity index (χ0n) is 18.7. The highest BCUT2D eigenvalue weighted by Crippen LogP contribution is 2.40. The van der Waals surface area contributed by atoms with Gasteiger partial charge in [0.05, 0.1) is 35.6 Å². The Kier molecular flexibility index (Phi) is 6.37. The lowest BCUT2D eigenvalue weighted by Gasteiger charge is -2.28. The highest BCUT2D eigenvalue weighted by atomic mass is 16.1. The Morgan fingerprint density at radius 3 is 1.50 bits per heavy atom. The third kappa shape index (κ3) is 5.84. The first-order chi connectivity index (χ1) is 15.6. The van der Waals surface area contributed by atoms with Crippen LogP contribution < -0.4 is 0 Å². The molecule has 0 spiro atoms. The van der Waals surface area contributed by atoms with E-state index in [1.54, 1.807) is 0 Å². The second kappa shape index (κ2) is 9.55. The van der Waals surface area contributed by atoms with Gasteiger partial charge in [-0.3, -0.25) is 9.59 Å². The molecule has 0 aliphatic heterocycles. The molecule has 0 unspecified atom stereocenters. The predicted molar refractivity (Wildman–Crippen MR) is 120 cm³/mol. The number of nitrogens with zero attached hydrogens (tertiary/aromatic N) is 4. The number of carbonyl (C=O) groups excluding carboxylic acids is 2. The van der Waals surface area contributed by atoms with Gasteiger partial charge >= 0.3 is 0 Å². The molecule has 0 radical (unpaired) electrons. The first-order valence-corrected chi connectivity index (χ1v) is 12.3. The summed E-state index contributed by atoms with van der Waals surface area (Å²) in [4.78, 5) is 24.2. The Morgan fingerprint density at radius 2 is 1.12 bits per heavy atom. The van der Waals surface area contributed by atoms with Crippen molar-refractivity contribution in [1.82, 2.24) is 20.4 Å². The maximum atomic E-state index is 12.1. The number of ketones is 2. The molecule has 3 aliphatic rings. The van der Waals surface area contributed by atoms with E-state index in [0.717, 1.165) is 48.5 Å². The molecule has 0 aromatic carbocycles. The fraction of sp³-hybridized carbons (Fsp3) is 0.615. The van der Waals surface area contributed by atoms with Gasteiger partial charge < -0.3 is 0 Å². The molecule has 0 saturated heterocycles. The molecule has 0 amide bonds. The summed E-state index contributed by atoms with van der Waals surface area (Å²) in [6.45, 7) is 0. The third-order valence-corrected chi connectivity index (χ3v) is 7.17. The van der Waals surface area contributed by atoms with Crippen LogP contribution in [0.15, 0.2) is 24.3 Å². The summed E-state index contributed by atoms with van der Waals surface area (Å²) in [6.07, 6.45) is 11.3. The first kappa shape index (κ1) is 21.4. The number of rotatable bonds is 10. The summed E-state index contributed by atoms with van der Waals surface area (Å²) >= 11 is 0. The molecule has 0 N–H and O–H groups in total. The van der Waals surface area contributed by atoms with Crippen LogP contribution in [0.2, 0.25) is 0 Å². The normalized spacial score (nSPS) is 23.1. The van der Waals surface area contributed by atoms with Gasteiger partial charge in [0.25, 0.3) is 0 Å².